The van der Waals surface area contributed by atoms with E-state index >= 15 is 0 Å². The number of hydrogen-bond acceptors (Lipinski definition) is 2. The molecule has 0 spiro atoms. The molecular weight excluding hydrogens is 104 g/mol. The summed E-state index contributed by atoms with van der Waals surface area (Å²) < 4.78 is 4.91. The van der Waals surface area contributed by atoms with Crippen molar-refractivity contribution in [2.75, 3.05) is 6.61 Å². The monoisotopic (exact) mass is 116 g/mol. The van der Waals surface area contributed by atoms with Crippen LogP contribution in [0, 0.1) is 5.92 Å². The molecule has 0 amide bonds. The SMILES string of the molecule is CCC1COC(O)C1. The van der Waals surface area contributed by atoms with Crippen LogP contribution in [0.4, 0.5) is 0 Å². The molecule has 48 valence electrons. The van der Waals surface area contributed by atoms with Crippen LogP contribution in [0.15, 0.2) is 0 Å². The Balaban J connectivity index is 2.22. The third-order valence-corrected chi connectivity index (χ3v) is 1.64. The normalized spacial score (nSPS) is 38.2. The molecule has 1 heterocycles. The number of rotatable bonds is 1. The first-order valence-corrected chi connectivity index (χ1v) is 3.12. The maximum Gasteiger partial charge on any atom is 0.154 e. The van der Waals surface area contributed by atoms with Crippen LogP contribution in [-0.4, -0.2) is 18.0 Å². The number of aliphatic hydroxyl groups is 1. The predicted octanol–water partition coefficient (Wildman–Crippen LogP) is 0.751. The first kappa shape index (κ1) is 6.05. The summed E-state index contributed by atoms with van der Waals surface area (Å²) in [7, 11) is 0. The fraction of sp³-hybridized carbons (Fsp3) is 1.00. The lowest BCUT2D eigenvalue weighted by molar-refractivity contribution is -0.0591. The lowest BCUT2D eigenvalue weighted by Crippen LogP contribution is -2.00. The number of ether oxygens (including phenoxy) is 1. The minimum absolute atomic E-state index is 0.472. The van der Waals surface area contributed by atoms with E-state index in [0.29, 0.717) is 5.92 Å². The molecule has 1 aliphatic rings. The van der Waals surface area contributed by atoms with Gasteiger partial charge >= 0.3 is 0 Å². The smallest absolute Gasteiger partial charge is 0.154 e. The zero-order chi connectivity index (χ0) is 5.98. The Hall–Kier alpha value is -0.0800. The Bertz CT molecular complexity index is 72.9. The summed E-state index contributed by atoms with van der Waals surface area (Å²) in [6.45, 7) is 2.86. The summed E-state index contributed by atoms with van der Waals surface area (Å²) in [4.78, 5) is 0. The van der Waals surface area contributed by atoms with Crippen molar-refractivity contribution in [3.8, 4) is 0 Å². The third-order valence-electron chi connectivity index (χ3n) is 1.64. The van der Waals surface area contributed by atoms with Crippen molar-refractivity contribution in [2.45, 2.75) is 26.1 Å². The van der Waals surface area contributed by atoms with E-state index in [4.69, 9.17) is 9.84 Å². The van der Waals surface area contributed by atoms with Crippen LogP contribution in [0.3, 0.4) is 0 Å². The minimum Gasteiger partial charge on any atom is -0.368 e. The predicted molar refractivity (Wildman–Crippen MR) is 30.4 cm³/mol. The van der Waals surface area contributed by atoms with Gasteiger partial charge in [-0.3, -0.25) is 0 Å². The molecule has 2 unspecified atom stereocenters. The molecule has 0 aromatic rings. The Morgan fingerprint density at radius 2 is 2.50 bits per heavy atom. The summed E-state index contributed by atoms with van der Waals surface area (Å²) in [5.74, 6) is 0.602. The quantitative estimate of drug-likeness (QED) is 0.547. The van der Waals surface area contributed by atoms with Gasteiger partial charge in [0.25, 0.3) is 0 Å². The summed E-state index contributed by atoms with van der Waals surface area (Å²) in [6, 6.07) is 0. The van der Waals surface area contributed by atoms with Crippen LogP contribution < -0.4 is 0 Å². The van der Waals surface area contributed by atoms with E-state index in [2.05, 4.69) is 6.92 Å². The zero-order valence-electron chi connectivity index (χ0n) is 5.13. The molecule has 1 N–H and O–H groups in total. The van der Waals surface area contributed by atoms with Crippen molar-refractivity contribution in [2.24, 2.45) is 5.92 Å². The molecule has 2 heteroatoms. The van der Waals surface area contributed by atoms with E-state index in [9.17, 15) is 0 Å². The molecule has 1 aliphatic heterocycles. The molecule has 0 aromatic carbocycles. The van der Waals surface area contributed by atoms with Crippen LogP contribution in [0.5, 0.6) is 0 Å². The van der Waals surface area contributed by atoms with E-state index < -0.39 is 6.29 Å². The van der Waals surface area contributed by atoms with Crippen molar-refractivity contribution in [1.82, 2.24) is 0 Å². The average molecular weight is 116 g/mol. The van der Waals surface area contributed by atoms with Gasteiger partial charge in [0.2, 0.25) is 0 Å². The van der Waals surface area contributed by atoms with Gasteiger partial charge in [-0.2, -0.15) is 0 Å². The van der Waals surface area contributed by atoms with Crippen molar-refractivity contribution >= 4 is 0 Å². The standard InChI is InChI=1S/C6H12O2/c1-2-5-3-6(7)8-4-5/h5-7H,2-4H2,1H3. The van der Waals surface area contributed by atoms with Gasteiger partial charge in [-0.25, -0.2) is 0 Å². The molecule has 0 saturated carbocycles. The molecule has 0 aromatic heterocycles. The second kappa shape index (κ2) is 2.46. The lowest BCUT2D eigenvalue weighted by atomic mass is 10.1. The van der Waals surface area contributed by atoms with E-state index in [0.717, 1.165) is 19.4 Å². The van der Waals surface area contributed by atoms with Crippen LogP contribution >= 0.6 is 0 Å². The zero-order valence-corrected chi connectivity index (χ0v) is 5.13. The molecule has 1 rings (SSSR count). The molecular formula is C6H12O2. The van der Waals surface area contributed by atoms with Gasteiger partial charge in [0.15, 0.2) is 6.29 Å². The molecule has 2 nitrogen and oxygen atoms in total. The minimum atomic E-state index is -0.472. The third kappa shape index (κ3) is 1.20. The van der Waals surface area contributed by atoms with Gasteiger partial charge in [0.1, 0.15) is 0 Å². The fourth-order valence-electron chi connectivity index (χ4n) is 0.953. The highest BCUT2D eigenvalue weighted by Crippen LogP contribution is 2.19. The van der Waals surface area contributed by atoms with Gasteiger partial charge in [-0.15, -0.1) is 0 Å². The Labute approximate surface area is 49.5 Å². The first-order chi connectivity index (χ1) is 3.83. The molecule has 1 saturated heterocycles. The summed E-state index contributed by atoms with van der Waals surface area (Å²) in [6.07, 6.45) is 1.48. The summed E-state index contributed by atoms with van der Waals surface area (Å²) in [5, 5.41) is 8.81. The fourth-order valence-corrected chi connectivity index (χ4v) is 0.953. The molecule has 2 atom stereocenters. The molecule has 8 heavy (non-hydrogen) atoms. The first-order valence-electron chi connectivity index (χ1n) is 3.12. The Kier molecular flexibility index (Phi) is 1.86. The van der Waals surface area contributed by atoms with Crippen molar-refractivity contribution in [3.05, 3.63) is 0 Å². The van der Waals surface area contributed by atoms with Gasteiger partial charge in [-0.05, 0) is 5.92 Å². The van der Waals surface area contributed by atoms with Gasteiger partial charge < -0.3 is 9.84 Å². The second-order valence-electron chi connectivity index (χ2n) is 2.30. The van der Waals surface area contributed by atoms with Crippen molar-refractivity contribution in [3.63, 3.8) is 0 Å². The van der Waals surface area contributed by atoms with Gasteiger partial charge in [0, 0.05) is 6.42 Å². The molecule has 0 radical (unpaired) electrons. The highest BCUT2D eigenvalue weighted by Gasteiger charge is 2.20. The van der Waals surface area contributed by atoms with E-state index in [1.807, 2.05) is 0 Å². The molecule has 1 fully saturated rings. The van der Waals surface area contributed by atoms with E-state index in [-0.39, 0.29) is 0 Å². The average Bonchev–Trinajstić information content (AvgIpc) is 2.14. The number of hydrogen-bond donors (Lipinski definition) is 1. The van der Waals surface area contributed by atoms with Crippen LogP contribution in [-0.2, 0) is 4.74 Å². The largest absolute Gasteiger partial charge is 0.368 e. The van der Waals surface area contributed by atoms with Gasteiger partial charge in [0.05, 0.1) is 6.61 Å². The maximum atomic E-state index is 8.81. The second-order valence-corrected chi connectivity index (χ2v) is 2.30. The van der Waals surface area contributed by atoms with E-state index in [1.165, 1.54) is 0 Å². The Morgan fingerprint density at radius 1 is 1.75 bits per heavy atom. The van der Waals surface area contributed by atoms with Crippen LogP contribution in [0.1, 0.15) is 19.8 Å². The summed E-state index contributed by atoms with van der Waals surface area (Å²) >= 11 is 0. The summed E-state index contributed by atoms with van der Waals surface area (Å²) in [5.41, 5.74) is 0. The van der Waals surface area contributed by atoms with E-state index in [1.54, 1.807) is 0 Å². The highest BCUT2D eigenvalue weighted by molar-refractivity contribution is 4.64. The van der Waals surface area contributed by atoms with Crippen LogP contribution in [0.2, 0.25) is 0 Å². The Morgan fingerprint density at radius 3 is 2.75 bits per heavy atom. The topological polar surface area (TPSA) is 29.5 Å². The lowest BCUT2D eigenvalue weighted by Gasteiger charge is -1.98. The van der Waals surface area contributed by atoms with Crippen LogP contribution in [0.25, 0.3) is 0 Å². The number of aliphatic hydroxyl groups excluding tert-OH is 1. The van der Waals surface area contributed by atoms with Crippen molar-refractivity contribution < 1.29 is 9.84 Å². The highest BCUT2D eigenvalue weighted by atomic mass is 16.6. The van der Waals surface area contributed by atoms with Crippen molar-refractivity contribution in [1.29, 1.82) is 0 Å². The molecule has 0 bridgehead atoms. The van der Waals surface area contributed by atoms with Gasteiger partial charge in [-0.1, -0.05) is 13.3 Å². The molecule has 0 aliphatic carbocycles. The maximum absolute atomic E-state index is 8.81.